The van der Waals surface area contributed by atoms with Crippen LogP contribution in [0.25, 0.3) is 11.4 Å². The fraction of sp³-hybridized carbons (Fsp3) is 0.474. The summed E-state index contributed by atoms with van der Waals surface area (Å²) in [5.74, 6) is 1.31. The third kappa shape index (κ3) is 8.31. The van der Waals surface area contributed by atoms with Gasteiger partial charge in [-0.05, 0) is 12.1 Å². The van der Waals surface area contributed by atoms with Gasteiger partial charge >= 0.3 is 0 Å². The molecule has 8 heteroatoms. The van der Waals surface area contributed by atoms with E-state index in [-0.39, 0.29) is 13.2 Å². The lowest BCUT2D eigenvalue weighted by atomic mass is 10.2. The number of pyridine rings is 2. The minimum atomic E-state index is -0.0411. The Morgan fingerprint density at radius 1 is 0.741 bits per heavy atom. The second-order valence-corrected chi connectivity index (χ2v) is 5.39. The molecule has 1 N–H and O–H groups in total. The van der Waals surface area contributed by atoms with Crippen molar-refractivity contribution in [2.24, 2.45) is 0 Å². The van der Waals surface area contributed by atoms with Gasteiger partial charge in [-0.3, -0.25) is 9.97 Å². The summed E-state index contributed by atoms with van der Waals surface area (Å²) in [5, 5.41) is 8.84. The second kappa shape index (κ2) is 13.0. The lowest BCUT2D eigenvalue weighted by Gasteiger charge is -2.09. The Kier molecular flexibility index (Phi) is 10.1. The van der Waals surface area contributed by atoms with Crippen LogP contribution in [0, 0.1) is 0 Å². The average Bonchev–Trinajstić information content (AvgIpc) is 2.71. The van der Waals surface area contributed by atoms with Gasteiger partial charge in [0.25, 0.3) is 0 Å². The topological polar surface area (TPSA) is 92.2 Å². The zero-order valence-electron chi connectivity index (χ0n) is 15.5. The van der Waals surface area contributed by atoms with Gasteiger partial charge in [-0.25, -0.2) is 0 Å². The maximum Gasteiger partial charge on any atom is 0.123 e. The number of rotatable bonds is 14. The highest BCUT2D eigenvalue weighted by Crippen LogP contribution is 2.22. The zero-order valence-corrected chi connectivity index (χ0v) is 15.5. The van der Waals surface area contributed by atoms with Gasteiger partial charge in [-0.2, -0.15) is 0 Å². The van der Waals surface area contributed by atoms with Crippen LogP contribution in [0.2, 0.25) is 0 Å². The molecule has 0 spiro atoms. The molecule has 0 saturated carbocycles. The predicted octanol–water partition coefficient (Wildman–Crippen LogP) is 1.57. The summed E-state index contributed by atoms with van der Waals surface area (Å²) in [6.45, 7) is 3.28. The Labute approximate surface area is 159 Å². The molecular formula is C19H26N2O6. The normalized spacial score (nSPS) is 10.7. The molecule has 2 heterocycles. The van der Waals surface area contributed by atoms with Gasteiger partial charge in [0.05, 0.1) is 51.0 Å². The van der Waals surface area contributed by atoms with Crippen molar-refractivity contribution in [3.63, 3.8) is 0 Å². The van der Waals surface area contributed by atoms with Crippen LogP contribution in [0.1, 0.15) is 0 Å². The van der Waals surface area contributed by atoms with E-state index in [2.05, 4.69) is 9.97 Å². The smallest absolute Gasteiger partial charge is 0.123 e. The monoisotopic (exact) mass is 378 g/mol. The molecule has 148 valence electrons. The SMILES string of the molecule is COCCOCCOCCOc1ccnc(-c2cc(OCCO)ccn2)c1. The van der Waals surface area contributed by atoms with Crippen molar-refractivity contribution < 1.29 is 28.8 Å². The molecule has 0 aromatic carbocycles. The van der Waals surface area contributed by atoms with E-state index in [9.17, 15) is 0 Å². The molecule has 0 aliphatic rings. The van der Waals surface area contributed by atoms with E-state index in [1.165, 1.54) is 0 Å². The van der Waals surface area contributed by atoms with Crippen LogP contribution in [0.15, 0.2) is 36.7 Å². The lowest BCUT2D eigenvalue weighted by Crippen LogP contribution is -2.12. The number of aliphatic hydroxyl groups excluding tert-OH is 1. The molecule has 2 rings (SSSR count). The highest BCUT2D eigenvalue weighted by molar-refractivity contribution is 5.57. The third-order valence-electron chi connectivity index (χ3n) is 3.39. The first-order chi connectivity index (χ1) is 13.3. The fourth-order valence-corrected chi connectivity index (χ4v) is 2.13. The van der Waals surface area contributed by atoms with Gasteiger partial charge in [0.1, 0.15) is 24.7 Å². The fourth-order valence-electron chi connectivity index (χ4n) is 2.13. The molecule has 27 heavy (non-hydrogen) atoms. The molecular weight excluding hydrogens is 352 g/mol. The third-order valence-corrected chi connectivity index (χ3v) is 3.39. The van der Waals surface area contributed by atoms with E-state index in [0.717, 1.165) is 0 Å². The Morgan fingerprint density at radius 3 is 1.81 bits per heavy atom. The van der Waals surface area contributed by atoms with Gasteiger partial charge in [-0.15, -0.1) is 0 Å². The summed E-state index contributed by atoms with van der Waals surface area (Å²) in [4.78, 5) is 8.62. The molecule has 0 aliphatic heterocycles. The van der Waals surface area contributed by atoms with Crippen LogP contribution in [0.4, 0.5) is 0 Å². The highest BCUT2D eigenvalue weighted by atomic mass is 16.6. The van der Waals surface area contributed by atoms with Gasteiger partial charge in [0.15, 0.2) is 0 Å². The number of hydrogen-bond acceptors (Lipinski definition) is 8. The first-order valence-corrected chi connectivity index (χ1v) is 8.77. The van der Waals surface area contributed by atoms with Crippen LogP contribution in [-0.2, 0) is 14.2 Å². The summed E-state index contributed by atoms with van der Waals surface area (Å²) in [6, 6.07) is 7.10. The van der Waals surface area contributed by atoms with Crippen molar-refractivity contribution in [2.45, 2.75) is 0 Å². The van der Waals surface area contributed by atoms with E-state index in [1.807, 2.05) is 6.07 Å². The number of ether oxygens (including phenoxy) is 5. The molecule has 0 atom stereocenters. The molecule has 0 unspecified atom stereocenters. The van der Waals surface area contributed by atoms with Crippen LogP contribution in [-0.4, -0.2) is 75.0 Å². The molecule has 0 bridgehead atoms. The van der Waals surface area contributed by atoms with E-state index >= 15 is 0 Å². The summed E-state index contributed by atoms with van der Waals surface area (Å²) in [7, 11) is 1.64. The van der Waals surface area contributed by atoms with Gasteiger partial charge in [-0.1, -0.05) is 0 Å². The minimum Gasteiger partial charge on any atom is -0.491 e. The standard InChI is InChI=1S/C19H26N2O6/c1-23-8-9-24-10-11-25-12-13-27-17-3-5-21-19(15-17)18-14-16(2-4-20-18)26-7-6-22/h2-5,14-15,22H,6-13H2,1H3. The molecule has 0 radical (unpaired) electrons. The number of methoxy groups -OCH3 is 1. The van der Waals surface area contributed by atoms with Crippen molar-refractivity contribution in [2.75, 3.05) is 60.0 Å². The Hall–Kier alpha value is -2.26. The maximum absolute atomic E-state index is 8.84. The average molecular weight is 378 g/mol. The van der Waals surface area contributed by atoms with E-state index < -0.39 is 0 Å². The quantitative estimate of drug-likeness (QED) is 0.495. The molecule has 2 aromatic heterocycles. The maximum atomic E-state index is 8.84. The minimum absolute atomic E-state index is 0.0411. The van der Waals surface area contributed by atoms with Crippen molar-refractivity contribution >= 4 is 0 Å². The number of aliphatic hydroxyl groups is 1. The van der Waals surface area contributed by atoms with Crippen molar-refractivity contribution in [3.8, 4) is 22.9 Å². The molecule has 2 aromatic rings. The molecule has 0 fully saturated rings. The zero-order chi connectivity index (χ0) is 19.2. The Bertz CT molecular complexity index is 656. The molecule has 0 aliphatic carbocycles. The lowest BCUT2D eigenvalue weighted by molar-refractivity contribution is 0.0180. The van der Waals surface area contributed by atoms with Crippen molar-refractivity contribution in [1.82, 2.24) is 9.97 Å². The van der Waals surface area contributed by atoms with E-state index in [4.69, 9.17) is 28.8 Å². The Morgan fingerprint density at radius 2 is 1.26 bits per heavy atom. The second-order valence-electron chi connectivity index (χ2n) is 5.39. The van der Waals surface area contributed by atoms with Crippen LogP contribution < -0.4 is 9.47 Å². The molecule has 8 nitrogen and oxygen atoms in total. The largest absolute Gasteiger partial charge is 0.491 e. The van der Waals surface area contributed by atoms with Crippen molar-refractivity contribution in [1.29, 1.82) is 0 Å². The molecule has 0 amide bonds. The van der Waals surface area contributed by atoms with Gasteiger partial charge in [0.2, 0.25) is 0 Å². The summed E-state index contributed by atoms with van der Waals surface area (Å²) < 4.78 is 26.7. The first kappa shape index (κ1) is 21.0. The first-order valence-electron chi connectivity index (χ1n) is 8.77. The van der Waals surface area contributed by atoms with E-state index in [0.29, 0.717) is 62.5 Å². The highest BCUT2D eigenvalue weighted by Gasteiger charge is 2.05. The summed E-state index contributed by atoms with van der Waals surface area (Å²) >= 11 is 0. The van der Waals surface area contributed by atoms with Crippen LogP contribution in [0.3, 0.4) is 0 Å². The Balaban J connectivity index is 1.75. The predicted molar refractivity (Wildman–Crippen MR) is 99.1 cm³/mol. The summed E-state index contributed by atoms with van der Waals surface area (Å²) in [6.07, 6.45) is 3.30. The molecule has 0 saturated heterocycles. The van der Waals surface area contributed by atoms with Crippen LogP contribution in [0.5, 0.6) is 11.5 Å². The van der Waals surface area contributed by atoms with Crippen LogP contribution >= 0.6 is 0 Å². The van der Waals surface area contributed by atoms with Gasteiger partial charge in [0, 0.05) is 31.6 Å². The van der Waals surface area contributed by atoms with Crippen molar-refractivity contribution in [3.05, 3.63) is 36.7 Å². The van der Waals surface area contributed by atoms with E-state index in [1.54, 1.807) is 37.7 Å². The number of nitrogens with zero attached hydrogens (tertiary/aromatic N) is 2. The van der Waals surface area contributed by atoms with Gasteiger partial charge < -0.3 is 28.8 Å². The number of hydrogen-bond donors (Lipinski definition) is 1. The summed E-state index contributed by atoms with van der Waals surface area (Å²) in [5.41, 5.74) is 1.34. The number of aromatic nitrogens is 2.